The van der Waals surface area contributed by atoms with E-state index in [1.54, 1.807) is 0 Å². The van der Waals surface area contributed by atoms with E-state index in [0.717, 1.165) is 96.4 Å². The van der Waals surface area contributed by atoms with Gasteiger partial charge in [-0.05, 0) is 91.3 Å². The van der Waals surface area contributed by atoms with E-state index in [4.69, 9.17) is 14.2 Å². The van der Waals surface area contributed by atoms with Crippen LogP contribution in [-0.2, 0) is 33.4 Å². The Hall–Kier alpha value is -2.00. The normalized spacial score (nSPS) is 15.6. The van der Waals surface area contributed by atoms with Crippen LogP contribution in [0.15, 0.2) is 0 Å². The topological polar surface area (TPSA) is 102 Å². The third-order valence-electron chi connectivity index (χ3n) is 13.0. The van der Waals surface area contributed by atoms with Gasteiger partial charge in [-0.1, -0.05) is 168 Å². The summed E-state index contributed by atoms with van der Waals surface area (Å²) < 4.78 is 17.7. The Morgan fingerprint density at radius 3 is 1.51 bits per heavy atom. The molecule has 0 N–H and O–H groups in total. The van der Waals surface area contributed by atoms with E-state index >= 15 is 0 Å². The summed E-state index contributed by atoms with van der Waals surface area (Å²) in [5, 5.41) is 0. The molecule has 0 spiro atoms. The van der Waals surface area contributed by atoms with Crippen LogP contribution >= 0.6 is 0 Å². The fraction of sp³-hybridized carbons (Fsp3) is 0.926. The Morgan fingerprint density at radius 2 is 0.984 bits per heavy atom. The lowest BCUT2D eigenvalue weighted by Gasteiger charge is -2.38. The first kappa shape index (κ1) is 59.0. The summed E-state index contributed by atoms with van der Waals surface area (Å²) >= 11 is 0. The average molecular weight is 891 g/mol. The highest BCUT2D eigenvalue weighted by Gasteiger charge is 2.35. The molecule has 1 aliphatic rings. The third-order valence-corrected chi connectivity index (χ3v) is 13.0. The van der Waals surface area contributed by atoms with Gasteiger partial charge in [-0.15, -0.1) is 0 Å². The molecule has 370 valence electrons. The van der Waals surface area contributed by atoms with Crippen molar-refractivity contribution in [3.63, 3.8) is 0 Å². The van der Waals surface area contributed by atoms with Gasteiger partial charge in [0, 0.05) is 32.4 Å². The fourth-order valence-electron chi connectivity index (χ4n) is 8.91. The van der Waals surface area contributed by atoms with Crippen molar-refractivity contribution in [1.82, 2.24) is 9.80 Å². The van der Waals surface area contributed by atoms with Crippen molar-refractivity contribution in [2.45, 2.75) is 283 Å². The number of ether oxygens (including phenoxy) is 3. The highest BCUT2D eigenvalue weighted by Crippen LogP contribution is 2.23. The summed E-state index contributed by atoms with van der Waals surface area (Å²) in [6.07, 6.45) is 40.4. The van der Waals surface area contributed by atoms with E-state index in [0.29, 0.717) is 64.0 Å². The zero-order valence-electron chi connectivity index (χ0n) is 42.2. The summed E-state index contributed by atoms with van der Waals surface area (Å²) in [6, 6.07) is -0.336. The largest absolute Gasteiger partial charge is 0.465 e. The van der Waals surface area contributed by atoms with Gasteiger partial charge in [-0.2, -0.15) is 0 Å². The predicted octanol–water partition coefficient (Wildman–Crippen LogP) is 14.1. The lowest BCUT2D eigenvalue weighted by atomic mass is 9.99. The highest BCUT2D eigenvalue weighted by molar-refractivity contribution is 5.78. The van der Waals surface area contributed by atoms with Gasteiger partial charge in [0.2, 0.25) is 0 Å². The molecule has 0 amide bonds. The maximum atomic E-state index is 13.4. The molecule has 0 aromatic carbocycles. The first-order valence-corrected chi connectivity index (χ1v) is 27.2. The van der Waals surface area contributed by atoms with Gasteiger partial charge < -0.3 is 19.1 Å². The van der Waals surface area contributed by atoms with Crippen molar-refractivity contribution in [3.8, 4) is 0 Å². The first-order chi connectivity index (χ1) is 30.7. The van der Waals surface area contributed by atoms with Gasteiger partial charge in [-0.3, -0.25) is 24.1 Å². The van der Waals surface area contributed by atoms with Gasteiger partial charge in [0.25, 0.3) is 0 Å². The number of hydrogen-bond acceptors (Lipinski definition) is 9. The number of unbranched alkanes of at least 4 members (excludes halogenated alkanes) is 25. The monoisotopic (exact) mass is 891 g/mol. The van der Waals surface area contributed by atoms with Crippen LogP contribution in [0.3, 0.4) is 0 Å². The summed E-state index contributed by atoms with van der Waals surface area (Å²) in [5.74, 6) is -0.0361. The van der Waals surface area contributed by atoms with Crippen LogP contribution in [-0.4, -0.2) is 92.1 Å². The van der Waals surface area contributed by atoms with Crippen LogP contribution in [0.4, 0.5) is 0 Å². The van der Waals surface area contributed by atoms with Gasteiger partial charge >= 0.3 is 17.9 Å². The second-order valence-corrected chi connectivity index (χ2v) is 19.4. The Balaban J connectivity index is 2.41. The molecule has 9 nitrogen and oxygen atoms in total. The number of carbonyl (C=O) groups is 4. The van der Waals surface area contributed by atoms with E-state index in [1.165, 1.54) is 116 Å². The van der Waals surface area contributed by atoms with Crippen molar-refractivity contribution in [1.29, 1.82) is 0 Å². The molecule has 0 bridgehead atoms. The minimum atomic E-state index is -0.336. The summed E-state index contributed by atoms with van der Waals surface area (Å²) in [7, 11) is 3.89. The average Bonchev–Trinajstić information content (AvgIpc) is 3.26. The van der Waals surface area contributed by atoms with Crippen molar-refractivity contribution >= 4 is 23.7 Å². The minimum Gasteiger partial charge on any atom is -0.465 e. The molecular weight excluding hydrogens is 789 g/mol. The van der Waals surface area contributed by atoms with Crippen molar-refractivity contribution in [2.75, 3.05) is 40.3 Å². The third kappa shape index (κ3) is 35.9. The fourth-order valence-corrected chi connectivity index (χ4v) is 8.91. The number of carbonyl (C=O) groups excluding carboxylic acids is 4. The quantitative estimate of drug-likeness (QED) is 0.0336. The number of hydrogen-bond donors (Lipinski definition) is 0. The molecule has 2 atom stereocenters. The Bertz CT molecular complexity index is 1080. The molecule has 1 heterocycles. The number of ketones is 1. The van der Waals surface area contributed by atoms with Crippen molar-refractivity contribution in [3.05, 3.63) is 0 Å². The number of nitrogens with zero attached hydrogens (tertiary/aromatic N) is 2. The van der Waals surface area contributed by atoms with Crippen LogP contribution in [0, 0.1) is 0 Å². The van der Waals surface area contributed by atoms with E-state index in [-0.39, 0.29) is 36.2 Å². The maximum Gasteiger partial charge on any atom is 0.323 e. The minimum absolute atomic E-state index is 0.0402. The van der Waals surface area contributed by atoms with Crippen molar-refractivity contribution < 1.29 is 33.4 Å². The molecule has 1 rings (SSSR count). The van der Waals surface area contributed by atoms with Crippen LogP contribution in [0.25, 0.3) is 0 Å². The molecule has 1 fully saturated rings. The summed E-state index contributed by atoms with van der Waals surface area (Å²) in [5.41, 5.74) is 0. The molecule has 1 saturated heterocycles. The number of esters is 3. The Kier molecular flexibility index (Phi) is 39.9. The Morgan fingerprint density at radius 1 is 0.524 bits per heavy atom. The molecule has 0 aromatic rings. The standard InChI is InChI=1S/C54H102N2O7/c1-6-9-12-15-18-19-20-21-23-29-36-48(57)37-30-28-34-44-56-47-50(63-53(59)43-45-55(4)5)41-42-51(56)54(60)61-46-35-27-22-26-33-40-52(58)62-49(38-31-24-16-13-10-7-2)39-32-25-17-14-11-8-3/h49-51H,6-47H2,1-5H3/t50-,51+/m1/s1. The second-order valence-electron chi connectivity index (χ2n) is 19.4. The number of rotatable bonds is 45. The lowest BCUT2D eigenvalue weighted by Crippen LogP contribution is -2.51. The first-order valence-electron chi connectivity index (χ1n) is 27.2. The van der Waals surface area contributed by atoms with Gasteiger partial charge in [0.1, 0.15) is 24.0 Å². The highest BCUT2D eigenvalue weighted by atomic mass is 16.6. The predicted molar refractivity (Wildman–Crippen MR) is 262 cm³/mol. The summed E-state index contributed by atoms with van der Waals surface area (Å²) in [4.78, 5) is 55.5. The van der Waals surface area contributed by atoms with Gasteiger partial charge in [0.05, 0.1) is 13.0 Å². The molecule has 0 saturated carbocycles. The van der Waals surface area contributed by atoms with Crippen LogP contribution in [0.5, 0.6) is 0 Å². The number of likely N-dealkylation sites (tertiary alicyclic amines) is 1. The van der Waals surface area contributed by atoms with Gasteiger partial charge in [0.15, 0.2) is 0 Å². The summed E-state index contributed by atoms with van der Waals surface area (Å²) in [6.45, 7) is 9.06. The smallest absolute Gasteiger partial charge is 0.323 e. The Labute approximate surface area is 389 Å². The van der Waals surface area contributed by atoms with Crippen molar-refractivity contribution in [2.24, 2.45) is 0 Å². The molecular formula is C54H102N2O7. The maximum absolute atomic E-state index is 13.4. The molecule has 0 unspecified atom stereocenters. The lowest BCUT2D eigenvalue weighted by molar-refractivity contribution is -0.159. The molecule has 9 heteroatoms. The van der Waals surface area contributed by atoms with Crippen LogP contribution in [0.2, 0.25) is 0 Å². The number of piperidine rings is 1. The molecule has 0 radical (unpaired) electrons. The zero-order chi connectivity index (χ0) is 46.0. The SMILES string of the molecule is CCCCCCCCCCCCC(=O)CCCCCN1C[C@H](OC(=O)CCN(C)C)CC[C@H]1C(=O)OCCCCCCCC(=O)OC(CCCCCCCC)CCCCCCCC. The van der Waals surface area contributed by atoms with E-state index in [1.807, 2.05) is 19.0 Å². The number of Topliss-reactive ketones (excluding diaryl/α,β-unsaturated/α-hetero) is 1. The van der Waals surface area contributed by atoms with Crippen LogP contribution in [0.1, 0.15) is 265 Å². The second kappa shape index (κ2) is 42.6. The molecule has 1 aliphatic heterocycles. The van der Waals surface area contributed by atoms with Crippen LogP contribution < -0.4 is 0 Å². The zero-order valence-corrected chi connectivity index (χ0v) is 42.2. The van der Waals surface area contributed by atoms with E-state index in [2.05, 4.69) is 25.7 Å². The van der Waals surface area contributed by atoms with Gasteiger partial charge in [-0.25, -0.2) is 0 Å². The van der Waals surface area contributed by atoms with E-state index in [9.17, 15) is 19.2 Å². The van der Waals surface area contributed by atoms with E-state index < -0.39 is 0 Å². The molecule has 0 aromatic heterocycles. The molecule has 63 heavy (non-hydrogen) atoms. The molecule has 0 aliphatic carbocycles.